The van der Waals surface area contributed by atoms with Gasteiger partial charge in [0, 0.05) is 24.9 Å². The van der Waals surface area contributed by atoms with Crippen LogP contribution < -0.4 is 11.1 Å². The second-order valence-corrected chi connectivity index (χ2v) is 4.74. The van der Waals surface area contributed by atoms with Crippen molar-refractivity contribution in [2.45, 2.75) is 51.7 Å². The number of aromatic nitrogens is 3. The number of amides is 1. The Hall–Kier alpha value is -1.14. The summed E-state index contributed by atoms with van der Waals surface area (Å²) in [5.74, 6) is 1.83. The number of nitrogens with one attached hydrogen (secondary N) is 1. The third-order valence-corrected chi connectivity index (χ3v) is 2.84. The maximum Gasteiger partial charge on any atom is 0.221 e. The first kappa shape index (κ1) is 14.9. The molecule has 2 unspecified atom stereocenters. The van der Waals surface area contributed by atoms with E-state index >= 15 is 0 Å². The first-order valence-corrected chi connectivity index (χ1v) is 6.00. The molecule has 0 aliphatic carbocycles. The summed E-state index contributed by atoms with van der Waals surface area (Å²) in [6, 6.07) is 0.0533. The quantitative estimate of drug-likeness (QED) is 0.822. The van der Waals surface area contributed by atoms with E-state index in [0.29, 0.717) is 13.0 Å². The lowest BCUT2D eigenvalue weighted by molar-refractivity contribution is -0.122. The SMILES string of the molecule is Cc1nc2n(n1)CC(NC(=O)CC(C)N)CC2.Cl. The summed E-state index contributed by atoms with van der Waals surface area (Å²) >= 11 is 0. The van der Waals surface area contributed by atoms with Crippen LogP contribution in [0.1, 0.15) is 31.4 Å². The molecule has 1 amide bonds. The summed E-state index contributed by atoms with van der Waals surface area (Å²) in [7, 11) is 0. The standard InChI is InChI=1S/C11H19N5O.ClH/c1-7(12)5-11(17)14-9-3-4-10-13-8(2)15-16(10)6-9;/h7,9H,3-6,12H2,1-2H3,(H,14,17);1H. The fraction of sp³-hybridized carbons (Fsp3) is 0.727. The number of carbonyl (C=O) groups excluding carboxylic acids is 1. The van der Waals surface area contributed by atoms with Gasteiger partial charge in [0.05, 0.1) is 6.54 Å². The van der Waals surface area contributed by atoms with E-state index in [1.54, 1.807) is 0 Å². The third-order valence-electron chi connectivity index (χ3n) is 2.84. The smallest absolute Gasteiger partial charge is 0.221 e. The second-order valence-electron chi connectivity index (χ2n) is 4.74. The van der Waals surface area contributed by atoms with E-state index in [0.717, 1.165) is 24.5 Å². The van der Waals surface area contributed by atoms with Gasteiger partial charge in [-0.2, -0.15) is 5.10 Å². The molecule has 2 heterocycles. The van der Waals surface area contributed by atoms with Gasteiger partial charge in [-0.05, 0) is 20.3 Å². The summed E-state index contributed by atoms with van der Waals surface area (Å²) in [5, 5.41) is 7.29. The van der Waals surface area contributed by atoms with E-state index in [-0.39, 0.29) is 30.4 Å². The average molecular weight is 274 g/mol. The largest absolute Gasteiger partial charge is 0.351 e. The van der Waals surface area contributed by atoms with Crippen LogP contribution in [0.5, 0.6) is 0 Å². The molecule has 0 fully saturated rings. The average Bonchev–Trinajstić information content (AvgIpc) is 2.55. The van der Waals surface area contributed by atoms with Crippen molar-refractivity contribution in [1.29, 1.82) is 0 Å². The highest BCUT2D eigenvalue weighted by molar-refractivity contribution is 5.85. The molecule has 1 aliphatic rings. The van der Waals surface area contributed by atoms with E-state index in [4.69, 9.17) is 5.73 Å². The number of hydrogen-bond donors (Lipinski definition) is 2. The Morgan fingerprint density at radius 3 is 3.06 bits per heavy atom. The molecular weight excluding hydrogens is 254 g/mol. The molecule has 2 atom stereocenters. The van der Waals surface area contributed by atoms with Gasteiger partial charge >= 0.3 is 0 Å². The zero-order valence-electron chi connectivity index (χ0n) is 10.7. The lowest BCUT2D eigenvalue weighted by Gasteiger charge is -2.23. The van der Waals surface area contributed by atoms with Crippen LogP contribution in [0.25, 0.3) is 0 Å². The Bertz CT molecular complexity index is 418. The number of aryl methyl sites for hydroxylation is 2. The summed E-state index contributed by atoms with van der Waals surface area (Å²) in [4.78, 5) is 15.9. The van der Waals surface area contributed by atoms with Gasteiger partial charge in [-0.1, -0.05) is 0 Å². The highest BCUT2D eigenvalue weighted by Crippen LogP contribution is 2.12. The fourth-order valence-corrected chi connectivity index (χ4v) is 2.13. The predicted octanol–water partition coefficient (Wildman–Crippen LogP) is 0.177. The predicted molar refractivity (Wildman–Crippen MR) is 70.5 cm³/mol. The molecule has 2 rings (SSSR count). The molecule has 0 radical (unpaired) electrons. The van der Waals surface area contributed by atoms with Crippen molar-refractivity contribution in [2.75, 3.05) is 0 Å². The van der Waals surface area contributed by atoms with Crippen molar-refractivity contribution in [1.82, 2.24) is 20.1 Å². The maximum atomic E-state index is 11.6. The molecule has 18 heavy (non-hydrogen) atoms. The highest BCUT2D eigenvalue weighted by atomic mass is 35.5. The second kappa shape index (κ2) is 6.15. The molecule has 0 saturated carbocycles. The van der Waals surface area contributed by atoms with Gasteiger partial charge in [-0.25, -0.2) is 9.67 Å². The topological polar surface area (TPSA) is 85.8 Å². The summed E-state index contributed by atoms with van der Waals surface area (Å²) < 4.78 is 1.88. The first-order chi connectivity index (χ1) is 8.04. The van der Waals surface area contributed by atoms with Crippen LogP contribution in [-0.4, -0.2) is 32.8 Å². The van der Waals surface area contributed by atoms with E-state index in [1.165, 1.54) is 0 Å². The molecular formula is C11H20ClN5O. The number of carbonyl (C=O) groups is 1. The number of nitrogens with zero attached hydrogens (tertiary/aromatic N) is 3. The zero-order valence-corrected chi connectivity index (χ0v) is 11.5. The van der Waals surface area contributed by atoms with E-state index in [2.05, 4.69) is 15.4 Å². The minimum atomic E-state index is -0.0947. The monoisotopic (exact) mass is 273 g/mol. The van der Waals surface area contributed by atoms with Crippen molar-refractivity contribution in [3.05, 3.63) is 11.6 Å². The van der Waals surface area contributed by atoms with Crippen molar-refractivity contribution in [3.8, 4) is 0 Å². The lowest BCUT2D eigenvalue weighted by Crippen LogP contribution is -2.42. The number of nitrogens with two attached hydrogens (primary N) is 1. The Morgan fingerprint density at radius 2 is 2.39 bits per heavy atom. The van der Waals surface area contributed by atoms with E-state index < -0.39 is 0 Å². The number of rotatable bonds is 3. The Labute approximate surface area is 113 Å². The van der Waals surface area contributed by atoms with Gasteiger partial charge in [0.25, 0.3) is 0 Å². The molecule has 0 spiro atoms. The summed E-state index contributed by atoms with van der Waals surface area (Å²) in [5.41, 5.74) is 5.59. The molecule has 0 aromatic carbocycles. The van der Waals surface area contributed by atoms with Gasteiger partial charge in [-0.15, -0.1) is 12.4 Å². The lowest BCUT2D eigenvalue weighted by atomic mass is 10.1. The van der Waals surface area contributed by atoms with Crippen LogP contribution in [0.2, 0.25) is 0 Å². The van der Waals surface area contributed by atoms with Crippen LogP contribution in [0, 0.1) is 6.92 Å². The number of hydrogen-bond acceptors (Lipinski definition) is 4. The molecule has 0 bridgehead atoms. The molecule has 1 aromatic heterocycles. The molecule has 0 saturated heterocycles. The van der Waals surface area contributed by atoms with Gasteiger partial charge in [0.2, 0.25) is 5.91 Å². The molecule has 6 nitrogen and oxygen atoms in total. The molecule has 7 heteroatoms. The Kier molecular flexibility index (Phi) is 5.10. The van der Waals surface area contributed by atoms with Crippen LogP contribution in [-0.2, 0) is 17.8 Å². The third kappa shape index (κ3) is 3.68. The van der Waals surface area contributed by atoms with Crippen LogP contribution in [0.4, 0.5) is 0 Å². The molecule has 1 aliphatic heterocycles. The maximum absolute atomic E-state index is 11.6. The minimum absolute atomic E-state index is 0. The highest BCUT2D eigenvalue weighted by Gasteiger charge is 2.22. The summed E-state index contributed by atoms with van der Waals surface area (Å²) in [6.07, 6.45) is 2.16. The first-order valence-electron chi connectivity index (χ1n) is 6.00. The Morgan fingerprint density at radius 1 is 1.67 bits per heavy atom. The van der Waals surface area contributed by atoms with Crippen molar-refractivity contribution >= 4 is 18.3 Å². The van der Waals surface area contributed by atoms with Crippen LogP contribution in [0.3, 0.4) is 0 Å². The fourth-order valence-electron chi connectivity index (χ4n) is 2.13. The van der Waals surface area contributed by atoms with Gasteiger partial charge in [0.15, 0.2) is 0 Å². The molecule has 102 valence electrons. The van der Waals surface area contributed by atoms with Crippen molar-refractivity contribution < 1.29 is 4.79 Å². The number of halogens is 1. The normalized spacial score (nSPS) is 19.6. The van der Waals surface area contributed by atoms with Gasteiger partial charge in [0.1, 0.15) is 11.6 Å². The Balaban J connectivity index is 0.00000162. The molecule has 3 N–H and O–H groups in total. The summed E-state index contributed by atoms with van der Waals surface area (Å²) in [6.45, 7) is 4.43. The van der Waals surface area contributed by atoms with Crippen LogP contribution in [0.15, 0.2) is 0 Å². The van der Waals surface area contributed by atoms with Gasteiger partial charge < -0.3 is 11.1 Å². The van der Waals surface area contributed by atoms with Crippen molar-refractivity contribution in [2.24, 2.45) is 5.73 Å². The van der Waals surface area contributed by atoms with Crippen LogP contribution >= 0.6 is 12.4 Å². The van der Waals surface area contributed by atoms with Gasteiger partial charge in [-0.3, -0.25) is 4.79 Å². The minimum Gasteiger partial charge on any atom is -0.351 e. The molecule has 1 aromatic rings. The number of fused-ring (bicyclic) bond motifs is 1. The van der Waals surface area contributed by atoms with E-state index in [9.17, 15) is 4.79 Å². The zero-order chi connectivity index (χ0) is 12.4. The van der Waals surface area contributed by atoms with E-state index in [1.807, 2.05) is 18.5 Å². The van der Waals surface area contributed by atoms with Crippen molar-refractivity contribution in [3.63, 3.8) is 0 Å².